The molecule has 14 heteroatoms. The Hall–Kier alpha value is -5.28. The van der Waals surface area contributed by atoms with Crippen LogP contribution in [0.25, 0.3) is 46.0 Å². The van der Waals surface area contributed by atoms with E-state index >= 15 is 0 Å². The lowest BCUT2D eigenvalue weighted by Gasteiger charge is -2.08. The highest BCUT2D eigenvalue weighted by molar-refractivity contribution is 7.86. The number of rotatable bonds is 8. The first kappa shape index (κ1) is 28.8. The summed E-state index contributed by atoms with van der Waals surface area (Å²) in [6.45, 7) is 0. The van der Waals surface area contributed by atoms with Gasteiger partial charge in [0, 0.05) is 11.1 Å². The van der Waals surface area contributed by atoms with Crippen molar-refractivity contribution >= 4 is 32.4 Å². The molecule has 6 rings (SSSR count). The standard InChI is InChI=1S/C30H22N6O6S2/c37-43(38,39)29-17-25(35-31-19-27(33-35)21-7-3-1-4-8-21)15-13-23(29)11-12-24-14-16-26(18-30(24)44(40,41)42)36-32-20-28(34-36)22-9-5-2-6-10-22/h1-20H,(H,37,38,39)(H,40,41,42). The van der Waals surface area contributed by atoms with Crippen LogP contribution in [0.15, 0.2) is 119 Å². The molecule has 0 spiro atoms. The second-order valence-electron chi connectivity index (χ2n) is 9.50. The summed E-state index contributed by atoms with van der Waals surface area (Å²) in [4.78, 5) is 1.55. The molecule has 6 aromatic rings. The van der Waals surface area contributed by atoms with Crippen LogP contribution in [-0.2, 0) is 20.2 Å². The average Bonchev–Trinajstić information content (AvgIpc) is 3.71. The minimum Gasteiger partial charge on any atom is -0.282 e. The second kappa shape index (κ2) is 11.4. The van der Waals surface area contributed by atoms with Crippen LogP contribution < -0.4 is 0 Å². The van der Waals surface area contributed by atoms with Gasteiger partial charge in [0.2, 0.25) is 0 Å². The fourth-order valence-electron chi connectivity index (χ4n) is 4.45. The normalized spacial score (nSPS) is 12.1. The van der Waals surface area contributed by atoms with Gasteiger partial charge in [-0.3, -0.25) is 9.11 Å². The maximum absolute atomic E-state index is 12.3. The number of hydrogen-bond acceptors (Lipinski definition) is 8. The lowest BCUT2D eigenvalue weighted by Crippen LogP contribution is -2.06. The quantitative estimate of drug-likeness (QED) is 0.176. The number of aromatic nitrogens is 6. The lowest BCUT2D eigenvalue weighted by atomic mass is 10.1. The molecule has 0 unspecified atom stereocenters. The largest absolute Gasteiger partial charge is 0.295 e. The molecule has 0 aliphatic rings. The minimum absolute atomic E-state index is 0.0540. The van der Waals surface area contributed by atoms with E-state index in [0.29, 0.717) is 11.4 Å². The summed E-state index contributed by atoms with van der Waals surface area (Å²) in [6, 6.07) is 26.9. The van der Waals surface area contributed by atoms with Gasteiger partial charge in [0.05, 0.1) is 23.8 Å². The Labute approximate surface area is 252 Å². The molecule has 0 radical (unpaired) electrons. The molecule has 0 fully saturated rings. The molecule has 0 aliphatic carbocycles. The molecular formula is C30H22N6O6S2. The fourth-order valence-corrected chi connectivity index (χ4v) is 5.86. The van der Waals surface area contributed by atoms with Crippen molar-refractivity contribution < 1.29 is 25.9 Å². The summed E-state index contributed by atoms with van der Waals surface area (Å²) < 4.78 is 69.3. The molecule has 2 aromatic heterocycles. The lowest BCUT2D eigenvalue weighted by molar-refractivity contribution is 0.480. The van der Waals surface area contributed by atoms with E-state index in [1.165, 1.54) is 58.4 Å². The first-order chi connectivity index (χ1) is 21.1. The van der Waals surface area contributed by atoms with Crippen molar-refractivity contribution in [3.05, 3.63) is 121 Å². The maximum atomic E-state index is 12.3. The molecule has 0 bridgehead atoms. The highest BCUT2D eigenvalue weighted by atomic mass is 32.2. The molecule has 4 aromatic carbocycles. The van der Waals surface area contributed by atoms with Gasteiger partial charge < -0.3 is 0 Å². The van der Waals surface area contributed by atoms with Crippen molar-refractivity contribution in [1.29, 1.82) is 0 Å². The number of hydrogen-bond donors (Lipinski definition) is 2. The zero-order valence-corrected chi connectivity index (χ0v) is 24.2. The molecule has 0 saturated carbocycles. The fraction of sp³-hybridized carbons (Fsp3) is 0. The molecule has 0 aliphatic heterocycles. The van der Waals surface area contributed by atoms with E-state index < -0.39 is 30.0 Å². The summed E-state index contributed by atoms with van der Waals surface area (Å²) in [6.07, 6.45) is 5.67. The summed E-state index contributed by atoms with van der Waals surface area (Å²) in [7, 11) is -9.45. The monoisotopic (exact) mass is 626 g/mol. The predicted molar refractivity (Wildman–Crippen MR) is 162 cm³/mol. The highest BCUT2D eigenvalue weighted by Crippen LogP contribution is 2.26. The van der Waals surface area contributed by atoms with Crippen molar-refractivity contribution in [2.75, 3.05) is 0 Å². The van der Waals surface area contributed by atoms with Crippen LogP contribution in [-0.4, -0.2) is 55.9 Å². The van der Waals surface area contributed by atoms with Crippen LogP contribution in [0.2, 0.25) is 0 Å². The third-order valence-corrected chi connectivity index (χ3v) is 8.40. The van der Waals surface area contributed by atoms with E-state index in [0.717, 1.165) is 11.1 Å². The van der Waals surface area contributed by atoms with Gasteiger partial charge >= 0.3 is 0 Å². The first-order valence-electron chi connectivity index (χ1n) is 12.9. The zero-order chi connectivity index (χ0) is 30.9. The van der Waals surface area contributed by atoms with Gasteiger partial charge in [0.25, 0.3) is 20.2 Å². The van der Waals surface area contributed by atoms with Crippen molar-refractivity contribution in [3.8, 4) is 33.9 Å². The van der Waals surface area contributed by atoms with Gasteiger partial charge in [-0.25, -0.2) is 0 Å². The van der Waals surface area contributed by atoms with Gasteiger partial charge in [-0.2, -0.15) is 36.6 Å². The number of benzene rings is 4. The van der Waals surface area contributed by atoms with Gasteiger partial charge in [0.15, 0.2) is 0 Å². The molecule has 0 atom stereocenters. The van der Waals surface area contributed by atoms with Gasteiger partial charge in [-0.1, -0.05) is 84.9 Å². The molecule has 0 saturated heterocycles. The summed E-state index contributed by atoms with van der Waals surface area (Å²) in [5, 5.41) is 17.2. The SMILES string of the molecule is O=S(=O)(O)c1cc(-n2ncc(-c3ccccc3)n2)ccc1C=Cc1ccc(-n2ncc(-c3ccccc3)n2)cc1S(=O)(=O)O. The van der Waals surface area contributed by atoms with Gasteiger partial charge in [0.1, 0.15) is 21.2 Å². The molecular weight excluding hydrogens is 605 g/mol. The third-order valence-electron chi connectivity index (χ3n) is 6.58. The Morgan fingerprint density at radius 1 is 0.545 bits per heavy atom. The van der Waals surface area contributed by atoms with Crippen LogP contribution in [0.3, 0.4) is 0 Å². The zero-order valence-electron chi connectivity index (χ0n) is 22.6. The van der Waals surface area contributed by atoms with E-state index in [9.17, 15) is 25.9 Å². The van der Waals surface area contributed by atoms with Crippen LogP contribution in [0.5, 0.6) is 0 Å². The molecule has 12 nitrogen and oxygen atoms in total. The summed E-state index contributed by atoms with van der Waals surface area (Å²) >= 11 is 0. The molecule has 2 N–H and O–H groups in total. The molecule has 44 heavy (non-hydrogen) atoms. The third kappa shape index (κ3) is 6.09. The Morgan fingerprint density at radius 3 is 1.30 bits per heavy atom. The van der Waals surface area contributed by atoms with Gasteiger partial charge in [-0.15, -0.1) is 10.2 Å². The molecule has 0 amide bonds. The maximum Gasteiger partial charge on any atom is 0.295 e. The first-order valence-corrected chi connectivity index (χ1v) is 15.8. The topological polar surface area (TPSA) is 170 Å². The van der Waals surface area contributed by atoms with Crippen LogP contribution in [0, 0.1) is 0 Å². The second-order valence-corrected chi connectivity index (χ2v) is 12.3. The van der Waals surface area contributed by atoms with Gasteiger partial charge in [-0.05, 0) is 35.4 Å². The van der Waals surface area contributed by atoms with E-state index in [4.69, 9.17) is 0 Å². The molecule has 2 heterocycles. The van der Waals surface area contributed by atoms with Crippen LogP contribution in [0.1, 0.15) is 11.1 Å². The van der Waals surface area contributed by atoms with E-state index in [2.05, 4.69) is 20.4 Å². The smallest absolute Gasteiger partial charge is 0.282 e. The Kier molecular flexibility index (Phi) is 7.48. The van der Waals surface area contributed by atoms with E-state index in [-0.39, 0.29) is 22.5 Å². The van der Waals surface area contributed by atoms with E-state index in [1.54, 1.807) is 12.1 Å². The van der Waals surface area contributed by atoms with Crippen molar-refractivity contribution in [3.63, 3.8) is 0 Å². The Bertz CT molecular complexity index is 2070. The van der Waals surface area contributed by atoms with Crippen molar-refractivity contribution in [2.45, 2.75) is 9.79 Å². The Morgan fingerprint density at radius 2 is 0.932 bits per heavy atom. The van der Waals surface area contributed by atoms with Crippen LogP contribution >= 0.6 is 0 Å². The van der Waals surface area contributed by atoms with Crippen molar-refractivity contribution in [2.24, 2.45) is 0 Å². The highest BCUT2D eigenvalue weighted by Gasteiger charge is 2.19. The van der Waals surface area contributed by atoms with Crippen LogP contribution in [0.4, 0.5) is 0 Å². The summed E-state index contributed by atoms with van der Waals surface area (Å²) in [5.74, 6) is 0. The van der Waals surface area contributed by atoms with Crippen molar-refractivity contribution in [1.82, 2.24) is 30.0 Å². The Balaban J connectivity index is 1.34. The summed E-state index contributed by atoms with van der Waals surface area (Å²) in [5.41, 5.74) is 3.39. The van der Waals surface area contributed by atoms with E-state index in [1.807, 2.05) is 60.7 Å². The average molecular weight is 627 g/mol. The molecule has 220 valence electrons. The predicted octanol–water partition coefficient (Wildman–Crippen LogP) is 4.85. The minimum atomic E-state index is -4.72. The number of nitrogens with zero attached hydrogens (tertiary/aromatic N) is 6.